The Morgan fingerprint density at radius 1 is 1.41 bits per heavy atom. The molecule has 0 aliphatic carbocycles. The molecule has 0 aliphatic heterocycles. The lowest BCUT2D eigenvalue weighted by Gasteiger charge is -2.17. The van der Waals surface area contributed by atoms with Crippen LogP contribution in [0.5, 0.6) is 0 Å². The smallest absolute Gasteiger partial charge is 0.224 e. The number of carbonyl (C=O) groups is 1. The number of nitrogens with one attached hydrogen (secondary N) is 1. The van der Waals surface area contributed by atoms with Gasteiger partial charge in [-0.05, 0) is 25.5 Å². The molecule has 0 saturated carbocycles. The highest BCUT2D eigenvalue weighted by atomic mass is 16.1. The van der Waals surface area contributed by atoms with Gasteiger partial charge in [0.05, 0.1) is 11.4 Å². The fraction of sp³-hybridized carbons (Fsp3) is 0.462. The molecule has 0 bridgehead atoms. The van der Waals surface area contributed by atoms with Gasteiger partial charge < -0.3 is 16.0 Å². The number of hydrogen-bond acceptors (Lipinski definition) is 3. The van der Waals surface area contributed by atoms with E-state index in [-0.39, 0.29) is 11.9 Å². The molecule has 0 aromatic heterocycles. The lowest BCUT2D eigenvalue weighted by molar-refractivity contribution is -0.116. The van der Waals surface area contributed by atoms with E-state index in [0.717, 1.165) is 11.4 Å². The average Bonchev–Trinajstić information content (AvgIpc) is 2.27. The van der Waals surface area contributed by atoms with Crippen molar-refractivity contribution in [1.29, 1.82) is 0 Å². The molecule has 0 fully saturated rings. The Hall–Kier alpha value is -1.55. The van der Waals surface area contributed by atoms with Gasteiger partial charge in [-0.15, -0.1) is 0 Å². The Kier molecular flexibility index (Phi) is 4.97. The van der Waals surface area contributed by atoms with Gasteiger partial charge in [-0.25, -0.2) is 0 Å². The number of benzene rings is 1. The number of hydrogen-bond donors (Lipinski definition) is 2. The van der Waals surface area contributed by atoms with E-state index in [0.29, 0.717) is 12.8 Å². The zero-order chi connectivity index (χ0) is 12.8. The molecule has 1 amide bonds. The fourth-order valence-electron chi connectivity index (χ4n) is 1.54. The highest BCUT2D eigenvalue weighted by Crippen LogP contribution is 2.23. The van der Waals surface area contributed by atoms with Crippen molar-refractivity contribution in [3.63, 3.8) is 0 Å². The highest BCUT2D eigenvalue weighted by molar-refractivity contribution is 5.94. The van der Waals surface area contributed by atoms with Gasteiger partial charge in [0.15, 0.2) is 0 Å². The monoisotopic (exact) mass is 235 g/mol. The predicted molar refractivity (Wildman–Crippen MR) is 72.3 cm³/mol. The lowest BCUT2D eigenvalue weighted by atomic mass is 10.2. The predicted octanol–water partition coefficient (Wildman–Crippen LogP) is 1.82. The largest absolute Gasteiger partial charge is 0.376 e. The fourth-order valence-corrected chi connectivity index (χ4v) is 1.54. The maximum absolute atomic E-state index is 11.7. The van der Waals surface area contributed by atoms with Gasteiger partial charge in [-0.1, -0.05) is 12.1 Å². The zero-order valence-corrected chi connectivity index (χ0v) is 10.7. The maximum atomic E-state index is 11.7. The van der Waals surface area contributed by atoms with Gasteiger partial charge in [0.25, 0.3) is 0 Å². The van der Waals surface area contributed by atoms with Crippen LogP contribution < -0.4 is 16.0 Å². The van der Waals surface area contributed by atoms with Crippen molar-refractivity contribution in [2.24, 2.45) is 5.73 Å². The summed E-state index contributed by atoms with van der Waals surface area (Å²) < 4.78 is 0. The molecular formula is C13H21N3O. The van der Waals surface area contributed by atoms with Crippen LogP contribution in [0.25, 0.3) is 0 Å². The molecule has 1 unspecified atom stereocenters. The van der Waals surface area contributed by atoms with Crippen LogP contribution >= 0.6 is 0 Å². The van der Waals surface area contributed by atoms with E-state index in [1.165, 1.54) is 0 Å². The van der Waals surface area contributed by atoms with Gasteiger partial charge in [0.1, 0.15) is 0 Å². The standard InChI is InChI=1S/C13H21N3O/c1-10(14)8-9-13(17)15-11-6-4-5-7-12(11)16(2)3/h4-7,10H,8-9,14H2,1-3H3,(H,15,17). The Bertz CT molecular complexity index is 375. The molecule has 0 aliphatic rings. The summed E-state index contributed by atoms with van der Waals surface area (Å²) in [7, 11) is 3.90. The molecule has 0 saturated heterocycles. The highest BCUT2D eigenvalue weighted by Gasteiger charge is 2.08. The summed E-state index contributed by atoms with van der Waals surface area (Å²) in [6.07, 6.45) is 1.16. The Morgan fingerprint density at radius 3 is 2.65 bits per heavy atom. The first-order valence-electron chi connectivity index (χ1n) is 5.82. The van der Waals surface area contributed by atoms with Gasteiger partial charge in [-0.2, -0.15) is 0 Å². The van der Waals surface area contributed by atoms with Crippen molar-refractivity contribution >= 4 is 17.3 Å². The number of amides is 1. The van der Waals surface area contributed by atoms with Crippen LogP contribution in [0.2, 0.25) is 0 Å². The summed E-state index contributed by atoms with van der Waals surface area (Å²) in [6.45, 7) is 1.90. The molecule has 0 heterocycles. The maximum Gasteiger partial charge on any atom is 0.224 e. The first-order chi connectivity index (χ1) is 8.00. The molecule has 4 nitrogen and oxygen atoms in total. The molecule has 3 N–H and O–H groups in total. The van der Waals surface area contributed by atoms with Gasteiger partial charge in [0, 0.05) is 26.6 Å². The first kappa shape index (κ1) is 13.5. The van der Waals surface area contributed by atoms with Crippen LogP contribution in [0.15, 0.2) is 24.3 Å². The average molecular weight is 235 g/mol. The second-order valence-corrected chi connectivity index (χ2v) is 4.48. The van der Waals surface area contributed by atoms with E-state index < -0.39 is 0 Å². The van der Waals surface area contributed by atoms with Gasteiger partial charge in [-0.3, -0.25) is 4.79 Å². The number of rotatable bonds is 5. The van der Waals surface area contributed by atoms with Crippen LogP contribution in [0.1, 0.15) is 19.8 Å². The number of para-hydroxylation sites is 2. The van der Waals surface area contributed by atoms with E-state index in [2.05, 4.69) is 5.32 Å². The van der Waals surface area contributed by atoms with Gasteiger partial charge in [0.2, 0.25) is 5.91 Å². The third kappa shape index (κ3) is 4.44. The van der Waals surface area contributed by atoms with Crippen LogP contribution in [0.3, 0.4) is 0 Å². The number of carbonyl (C=O) groups excluding carboxylic acids is 1. The van der Waals surface area contributed by atoms with E-state index in [1.807, 2.05) is 50.2 Å². The zero-order valence-electron chi connectivity index (χ0n) is 10.7. The second kappa shape index (κ2) is 6.25. The Balaban J connectivity index is 2.65. The van der Waals surface area contributed by atoms with E-state index >= 15 is 0 Å². The van der Waals surface area contributed by atoms with Crippen LogP contribution in [-0.4, -0.2) is 26.0 Å². The van der Waals surface area contributed by atoms with Crippen LogP contribution in [0.4, 0.5) is 11.4 Å². The van der Waals surface area contributed by atoms with Gasteiger partial charge >= 0.3 is 0 Å². The normalized spacial score (nSPS) is 12.0. The quantitative estimate of drug-likeness (QED) is 0.818. The minimum absolute atomic E-state index is 0.0107. The summed E-state index contributed by atoms with van der Waals surface area (Å²) in [4.78, 5) is 13.7. The lowest BCUT2D eigenvalue weighted by Crippen LogP contribution is -2.20. The Labute approximate surface area is 103 Å². The molecule has 4 heteroatoms. The number of nitrogens with zero attached hydrogens (tertiary/aromatic N) is 1. The van der Waals surface area contributed by atoms with Crippen molar-refractivity contribution in [3.05, 3.63) is 24.3 Å². The molecule has 1 rings (SSSR count). The van der Waals surface area contributed by atoms with E-state index in [1.54, 1.807) is 0 Å². The minimum atomic E-state index is 0.0107. The van der Waals surface area contributed by atoms with E-state index in [4.69, 9.17) is 5.73 Å². The SMILES string of the molecule is CC(N)CCC(=O)Nc1ccccc1N(C)C. The third-order valence-electron chi connectivity index (χ3n) is 2.49. The molecule has 94 valence electrons. The molecular weight excluding hydrogens is 214 g/mol. The number of anilines is 2. The van der Waals surface area contributed by atoms with Crippen molar-refractivity contribution in [1.82, 2.24) is 0 Å². The number of nitrogens with two attached hydrogens (primary N) is 1. The third-order valence-corrected chi connectivity index (χ3v) is 2.49. The molecule has 17 heavy (non-hydrogen) atoms. The van der Waals surface area contributed by atoms with Crippen molar-refractivity contribution in [2.75, 3.05) is 24.3 Å². The van der Waals surface area contributed by atoms with Crippen molar-refractivity contribution in [2.45, 2.75) is 25.8 Å². The summed E-state index contributed by atoms with van der Waals surface area (Å²) in [5, 5.41) is 2.91. The summed E-state index contributed by atoms with van der Waals surface area (Å²) >= 11 is 0. The Morgan fingerprint density at radius 2 is 2.06 bits per heavy atom. The van der Waals surface area contributed by atoms with Crippen LogP contribution in [0, 0.1) is 0 Å². The topological polar surface area (TPSA) is 58.4 Å². The summed E-state index contributed by atoms with van der Waals surface area (Å²) in [5.74, 6) is 0.0107. The first-order valence-corrected chi connectivity index (χ1v) is 5.82. The molecule has 1 aromatic rings. The van der Waals surface area contributed by atoms with Crippen molar-refractivity contribution in [3.8, 4) is 0 Å². The summed E-state index contributed by atoms with van der Waals surface area (Å²) in [5.41, 5.74) is 7.47. The summed E-state index contributed by atoms with van der Waals surface area (Å²) in [6, 6.07) is 7.80. The molecule has 1 aromatic carbocycles. The minimum Gasteiger partial charge on any atom is -0.376 e. The molecule has 1 atom stereocenters. The molecule has 0 spiro atoms. The van der Waals surface area contributed by atoms with Crippen molar-refractivity contribution < 1.29 is 4.79 Å². The molecule has 0 radical (unpaired) electrons. The van der Waals surface area contributed by atoms with E-state index in [9.17, 15) is 4.79 Å². The van der Waals surface area contributed by atoms with Crippen LogP contribution in [-0.2, 0) is 4.79 Å². The second-order valence-electron chi connectivity index (χ2n) is 4.48.